The second-order valence-electron chi connectivity index (χ2n) is 4.63. The van der Waals surface area contributed by atoms with E-state index in [0.29, 0.717) is 0 Å². The van der Waals surface area contributed by atoms with Crippen LogP contribution < -0.4 is 5.32 Å². The summed E-state index contributed by atoms with van der Waals surface area (Å²) in [6, 6.07) is 4.60. The molecule has 5 heteroatoms. The van der Waals surface area contributed by atoms with Gasteiger partial charge in [0.05, 0.1) is 16.3 Å². The molecule has 0 fully saturated rings. The van der Waals surface area contributed by atoms with Gasteiger partial charge in [-0.3, -0.25) is 0 Å². The summed E-state index contributed by atoms with van der Waals surface area (Å²) in [4.78, 5) is 11.4. The summed E-state index contributed by atoms with van der Waals surface area (Å²) >= 11 is 3.52. The Morgan fingerprint density at radius 2 is 2.05 bits per heavy atom. The van der Waals surface area contributed by atoms with Crippen LogP contribution in [0.4, 0.5) is 5.82 Å². The molecule has 19 heavy (non-hydrogen) atoms. The monoisotopic (exact) mass is 289 g/mol. The Morgan fingerprint density at radius 1 is 1.21 bits per heavy atom. The predicted octanol–water partition coefficient (Wildman–Crippen LogP) is 4.54. The van der Waals surface area contributed by atoms with Gasteiger partial charge in [0.15, 0.2) is 0 Å². The van der Waals surface area contributed by atoms with Crippen molar-refractivity contribution < 1.29 is 0 Å². The molecule has 0 spiro atoms. The van der Waals surface area contributed by atoms with E-state index in [1.54, 1.807) is 17.7 Å². The maximum Gasteiger partial charge on any atom is 0.147 e. The molecular weight excluding hydrogens is 274 g/mol. The van der Waals surface area contributed by atoms with Gasteiger partial charge in [0.25, 0.3) is 0 Å². The minimum absolute atomic E-state index is 0.263. The molecule has 1 N–H and O–H groups in total. The highest BCUT2D eigenvalue weighted by molar-refractivity contribution is 7.18. The van der Waals surface area contributed by atoms with Crippen molar-refractivity contribution in [3.05, 3.63) is 39.2 Å². The SMILES string of the molecule is Cc1ccc(C(C)Nc2ncnc3c(C)csc23)s1. The lowest BCUT2D eigenvalue weighted by Gasteiger charge is -2.13. The average molecular weight is 289 g/mol. The van der Waals surface area contributed by atoms with E-state index in [0.717, 1.165) is 16.0 Å². The zero-order valence-electron chi connectivity index (χ0n) is 11.1. The summed E-state index contributed by atoms with van der Waals surface area (Å²) < 4.78 is 1.14. The van der Waals surface area contributed by atoms with Gasteiger partial charge >= 0.3 is 0 Å². The molecule has 0 radical (unpaired) electrons. The number of nitrogens with one attached hydrogen (secondary N) is 1. The molecule has 3 nitrogen and oxygen atoms in total. The smallest absolute Gasteiger partial charge is 0.147 e. The molecule has 3 aromatic rings. The van der Waals surface area contributed by atoms with Gasteiger partial charge in [-0.1, -0.05) is 0 Å². The van der Waals surface area contributed by atoms with Crippen LogP contribution in [-0.4, -0.2) is 9.97 Å². The van der Waals surface area contributed by atoms with Gasteiger partial charge in [0.2, 0.25) is 0 Å². The van der Waals surface area contributed by atoms with E-state index < -0.39 is 0 Å². The quantitative estimate of drug-likeness (QED) is 0.769. The first-order valence-electron chi connectivity index (χ1n) is 6.17. The number of aryl methyl sites for hydroxylation is 2. The fourth-order valence-electron chi connectivity index (χ4n) is 2.03. The number of thiophene rings is 2. The molecule has 0 aliphatic carbocycles. The molecule has 0 aromatic carbocycles. The number of hydrogen-bond donors (Lipinski definition) is 1. The number of aromatic nitrogens is 2. The first-order chi connectivity index (χ1) is 9.15. The summed E-state index contributed by atoms with van der Waals surface area (Å²) in [6.07, 6.45) is 1.64. The van der Waals surface area contributed by atoms with Gasteiger partial charge in [-0.2, -0.15) is 0 Å². The summed E-state index contributed by atoms with van der Waals surface area (Å²) in [6.45, 7) is 6.38. The van der Waals surface area contributed by atoms with Gasteiger partial charge in [0.1, 0.15) is 12.1 Å². The van der Waals surface area contributed by atoms with Crippen LogP contribution in [-0.2, 0) is 0 Å². The minimum Gasteiger partial charge on any atom is -0.361 e. The summed E-state index contributed by atoms with van der Waals surface area (Å²) in [5.74, 6) is 0.932. The van der Waals surface area contributed by atoms with Gasteiger partial charge in [0, 0.05) is 9.75 Å². The second kappa shape index (κ2) is 4.90. The fourth-order valence-corrected chi connectivity index (χ4v) is 3.87. The van der Waals surface area contributed by atoms with E-state index >= 15 is 0 Å². The van der Waals surface area contributed by atoms with Crippen LogP contribution in [0, 0.1) is 13.8 Å². The molecule has 0 bridgehead atoms. The molecule has 0 saturated carbocycles. The maximum atomic E-state index is 4.39. The van der Waals surface area contributed by atoms with Crippen molar-refractivity contribution in [3.8, 4) is 0 Å². The molecule has 1 unspecified atom stereocenters. The van der Waals surface area contributed by atoms with Gasteiger partial charge < -0.3 is 5.32 Å². The Balaban J connectivity index is 1.93. The third-order valence-electron chi connectivity index (χ3n) is 3.07. The Bertz CT molecular complexity index is 714. The highest BCUT2D eigenvalue weighted by Crippen LogP contribution is 2.31. The topological polar surface area (TPSA) is 37.8 Å². The highest BCUT2D eigenvalue weighted by atomic mass is 32.1. The van der Waals surface area contributed by atoms with Crippen LogP contribution in [0.3, 0.4) is 0 Å². The fraction of sp³-hybridized carbons (Fsp3) is 0.286. The number of fused-ring (bicyclic) bond motifs is 1. The standard InChI is InChI=1S/C14H15N3S2/c1-8-6-18-13-12(8)15-7-16-14(13)17-10(3)11-5-4-9(2)19-11/h4-7,10H,1-3H3,(H,15,16,17). The predicted molar refractivity (Wildman–Crippen MR) is 83.2 cm³/mol. The zero-order valence-corrected chi connectivity index (χ0v) is 12.7. The largest absolute Gasteiger partial charge is 0.361 e. The van der Waals surface area contributed by atoms with Crippen LogP contribution in [0.5, 0.6) is 0 Å². The van der Waals surface area contributed by atoms with Crippen molar-refractivity contribution in [2.45, 2.75) is 26.8 Å². The molecule has 0 amide bonds. The van der Waals surface area contributed by atoms with Crippen LogP contribution in [0.1, 0.15) is 28.3 Å². The van der Waals surface area contributed by atoms with Crippen LogP contribution in [0.25, 0.3) is 10.2 Å². The third-order valence-corrected chi connectivity index (χ3v) is 5.35. The lowest BCUT2D eigenvalue weighted by molar-refractivity contribution is 0.898. The molecule has 3 aromatic heterocycles. The first kappa shape index (κ1) is 12.6. The van der Waals surface area contributed by atoms with Gasteiger partial charge in [-0.15, -0.1) is 22.7 Å². The molecule has 98 valence electrons. The van der Waals surface area contributed by atoms with E-state index in [4.69, 9.17) is 0 Å². The Labute approximate surface area is 120 Å². The van der Waals surface area contributed by atoms with Crippen LogP contribution >= 0.6 is 22.7 Å². The first-order valence-corrected chi connectivity index (χ1v) is 7.86. The van der Waals surface area contributed by atoms with Crippen molar-refractivity contribution in [2.24, 2.45) is 0 Å². The van der Waals surface area contributed by atoms with E-state index in [1.165, 1.54) is 15.3 Å². The van der Waals surface area contributed by atoms with Crippen molar-refractivity contribution >= 4 is 38.7 Å². The van der Waals surface area contributed by atoms with Crippen molar-refractivity contribution in [1.29, 1.82) is 0 Å². The zero-order chi connectivity index (χ0) is 13.4. The normalized spacial score (nSPS) is 12.8. The van der Waals surface area contributed by atoms with E-state index in [9.17, 15) is 0 Å². The molecule has 0 aliphatic rings. The van der Waals surface area contributed by atoms with Crippen LogP contribution in [0.15, 0.2) is 23.8 Å². The Morgan fingerprint density at radius 3 is 2.79 bits per heavy atom. The maximum absolute atomic E-state index is 4.39. The second-order valence-corrected chi connectivity index (χ2v) is 6.83. The van der Waals surface area contributed by atoms with E-state index in [2.05, 4.69) is 53.6 Å². The van der Waals surface area contributed by atoms with E-state index in [-0.39, 0.29) is 6.04 Å². The van der Waals surface area contributed by atoms with Crippen molar-refractivity contribution in [1.82, 2.24) is 9.97 Å². The highest BCUT2D eigenvalue weighted by Gasteiger charge is 2.12. The summed E-state index contributed by atoms with van der Waals surface area (Å²) in [7, 11) is 0. The lowest BCUT2D eigenvalue weighted by atomic mass is 10.2. The number of anilines is 1. The molecule has 1 atom stereocenters. The summed E-state index contributed by atoms with van der Waals surface area (Å²) in [5, 5.41) is 5.63. The van der Waals surface area contributed by atoms with Crippen molar-refractivity contribution in [2.75, 3.05) is 5.32 Å². The Hall–Kier alpha value is -1.46. The average Bonchev–Trinajstić information content (AvgIpc) is 2.98. The van der Waals surface area contributed by atoms with Crippen molar-refractivity contribution in [3.63, 3.8) is 0 Å². The van der Waals surface area contributed by atoms with E-state index in [1.807, 2.05) is 11.3 Å². The van der Waals surface area contributed by atoms with Gasteiger partial charge in [-0.25, -0.2) is 9.97 Å². The number of nitrogens with zero attached hydrogens (tertiary/aromatic N) is 2. The third kappa shape index (κ3) is 2.35. The molecule has 0 aliphatic heterocycles. The lowest BCUT2D eigenvalue weighted by Crippen LogP contribution is -2.06. The number of rotatable bonds is 3. The van der Waals surface area contributed by atoms with Gasteiger partial charge in [-0.05, 0) is 43.8 Å². The van der Waals surface area contributed by atoms with Crippen LogP contribution in [0.2, 0.25) is 0 Å². The number of hydrogen-bond acceptors (Lipinski definition) is 5. The minimum atomic E-state index is 0.263. The Kier molecular flexibility index (Phi) is 3.24. The molecule has 0 saturated heterocycles. The molecule has 3 rings (SSSR count). The molecular formula is C14H15N3S2. The summed E-state index contributed by atoms with van der Waals surface area (Å²) in [5.41, 5.74) is 2.27. The molecule has 3 heterocycles.